The van der Waals surface area contributed by atoms with E-state index in [9.17, 15) is 9.59 Å². The molecular formula is C17H23NO4. The molecule has 2 bridgehead atoms. The molecule has 0 aliphatic heterocycles. The van der Waals surface area contributed by atoms with Crippen LogP contribution in [0.5, 0.6) is 0 Å². The Labute approximate surface area is 130 Å². The van der Waals surface area contributed by atoms with Gasteiger partial charge in [-0.05, 0) is 44.1 Å². The minimum Gasteiger partial charge on any atom is -0.465 e. The lowest BCUT2D eigenvalue weighted by Crippen LogP contribution is -2.35. The number of carbonyl (C=O) groups excluding carboxylic acids is 2. The van der Waals surface area contributed by atoms with E-state index in [-0.39, 0.29) is 11.8 Å². The minimum atomic E-state index is -0.408. The first-order valence-electron chi connectivity index (χ1n) is 7.92. The van der Waals surface area contributed by atoms with Crippen LogP contribution >= 0.6 is 0 Å². The second kappa shape index (κ2) is 5.78. The third kappa shape index (κ3) is 2.64. The van der Waals surface area contributed by atoms with Crippen LogP contribution in [0.2, 0.25) is 0 Å². The van der Waals surface area contributed by atoms with Crippen LogP contribution in [0.25, 0.3) is 0 Å². The average molecular weight is 305 g/mol. The number of furan rings is 1. The average Bonchev–Trinajstić information content (AvgIpc) is 3.21. The molecule has 3 atom stereocenters. The Kier molecular flexibility index (Phi) is 3.98. The number of carbonyl (C=O) groups is 2. The summed E-state index contributed by atoms with van der Waals surface area (Å²) in [6, 6.07) is 1.67. The van der Waals surface area contributed by atoms with Crippen molar-refractivity contribution in [3.05, 3.63) is 23.2 Å². The van der Waals surface area contributed by atoms with Gasteiger partial charge in [-0.25, -0.2) is 4.79 Å². The third-order valence-corrected chi connectivity index (χ3v) is 5.20. The molecule has 0 saturated heterocycles. The lowest BCUT2D eigenvalue weighted by Gasteiger charge is -2.26. The highest BCUT2D eigenvalue weighted by Crippen LogP contribution is 2.48. The molecule has 0 radical (unpaired) electrons. The van der Waals surface area contributed by atoms with Crippen molar-refractivity contribution in [1.29, 1.82) is 0 Å². The van der Waals surface area contributed by atoms with Crippen LogP contribution in [-0.2, 0) is 16.1 Å². The van der Waals surface area contributed by atoms with Gasteiger partial charge in [0.25, 0.3) is 0 Å². The second-order valence-electron chi connectivity index (χ2n) is 6.65. The highest BCUT2D eigenvalue weighted by atomic mass is 16.5. The normalized spacial score (nSPS) is 26.2. The van der Waals surface area contributed by atoms with Crippen LogP contribution in [0.1, 0.15) is 47.6 Å². The van der Waals surface area contributed by atoms with E-state index in [0.29, 0.717) is 29.5 Å². The first-order valence-corrected chi connectivity index (χ1v) is 7.92. The van der Waals surface area contributed by atoms with Crippen molar-refractivity contribution in [2.75, 3.05) is 14.2 Å². The molecule has 5 heteroatoms. The Bertz CT molecular complexity index is 591. The number of ether oxygens (including phenoxy) is 1. The van der Waals surface area contributed by atoms with Crippen LogP contribution in [-0.4, -0.2) is 30.9 Å². The summed E-state index contributed by atoms with van der Waals surface area (Å²) in [6.45, 7) is 2.12. The molecule has 3 rings (SSSR count). The largest absolute Gasteiger partial charge is 0.465 e. The molecule has 1 aromatic rings. The molecule has 2 aliphatic carbocycles. The molecule has 0 unspecified atom stereocenters. The monoisotopic (exact) mass is 305 g/mol. The van der Waals surface area contributed by atoms with Gasteiger partial charge in [0.05, 0.1) is 13.7 Å². The van der Waals surface area contributed by atoms with E-state index in [1.807, 2.05) is 7.05 Å². The summed E-state index contributed by atoms with van der Waals surface area (Å²) >= 11 is 0. The zero-order valence-corrected chi connectivity index (χ0v) is 13.4. The van der Waals surface area contributed by atoms with Gasteiger partial charge in [-0.15, -0.1) is 0 Å². The van der Waals surface area contributed by atoms with Crippen molar-refractivity contribution in [2.45, 2.75) is 39.2 Å². The first-order chi connectivity index (χ1) is 10.5. The third-order valence-electron chi connectivity index (χ3n) is 5.20. The van der Waals surface area contributed by atoms with Crippen molar-refractivity contribution in [1.82, 2.24) is 4.90 Å². The smallest absolute Gasteiger partial charge is 0.341 e. The molecule has 1 amide bonds. The summed E-state index contributed by atoms with van der Waals surface area (Å²) in [5.74, 6) is 2.46. The lowest BCUT2D eigenvalue weighted by atomic mass is 9.88. The summed E-state index contributed by atoms with van der Waals surface area (Å²) in [4.78, 5) is 25.9. The van der Waals surface area contributed by atoms with Crippen molar-refractivity contribution in [2.24, 2.45) is 17.8 Å². The van der Waals surface area contributed by atoms with Gasteiger partial charge in [0.1, 0.15) is 17.1 Å². The molecule has 0 N–H and O–H groups in total. The van der Waals surface area contributed by atoms with Gasteiger partial charge < -0.3 is 14.1 Å². The molecule has 0 spiro atoms. The Balaban J connectivity index is 1.65. The van der Waals surface area contributed by atoms with E-state index >= 15 is 0 Å². The summed E-state index contributed by atoms with van der Waals surface area (Å²) in [5, 5.41) is 0. The molecule has 120 valence electrons. The van der Waals surface area contributed by atoms with Crippen LogP contribution in [0, 0.1) is 24.7 Å². The molecule has 22 heavy (non-hydrogen) atoms. The van der Waals surface area contributed by atoms with E-state index in [1.54, 1.807) is 17.9 Å². The highest BCUT2D eigenvalue weighted by molar-refractivity contribution is 5.90. The van der Waals surface area contributed by atoms with E-state index in [0.717, 1.165) is 12.3 Å². The zero-order valence-electron chi connectivity index (χ0n) is 13.4. The highest BCUT2D eigenvalue weighted by Gasteiger charge is 2.43. The maximum absolute atomic E-state index is 12.6. The molecule has 5 nitrogen and oxygen atoms in total. The number of rotatable bonds is 4. The maximum atomic E-state index is 12.6. The number of hydrogen-bond donors (Lipinski definition) is 0. The number of fused-ring (bicyclic) bond motifs is 2. The van der Waals surface area contributed by atoms with Gasteiger partial charge in [0.2, 0.25) is 5.91 Å². The zero-order chi connectivity index (χ0) is 15.9. The predicted molar refractivity (Wildman–Crippen MR) is 80.2 cm³/mol. The molecule has 2 fully saturated rings. The Morgan fingerprint density at radius 3 is 2.73 bits per heavy atom. The fraction of sp³-hybridized carbons (Fsp3) is 0.647. The molecule has 0 aromatic carbocycles. The number of aryl methyl sites for hydroxylation is 1. The summed E-state index contributed by atoms with van der Waals surface area (Å²) < 4.78 is 10.3. The fourth-order valence-corrected chi connectivity index (χ4v) is 4.08. The number of methoxy groups -OCH3 is 1. The first kappa shape index (κ1) is 15.1. The van der Waals surface area contributed by atoms with E-state index in [1.165, 1.54) is 26.4 Å². The van der Waals surface area contributed by atoms with Crippen LogP contribution in [0.3, 0.4) is 0 Å². The number of amides is 1. The summed E-state index contributed by atoms with van der Waals surface area (Å²) in [6.07, 6.45) is 4.74. The molecular weight excluding hydrogens is 282 g/mol. The van der Waals surface area contributed by atoms with Crippen molar-refractivity contribution in [3.63, 3.8) is 0 Å². The van der Waals surface area contributed by atoms with Crippen molar-refractivity contribution >= 4 is 11.9 Å². The lowest BCUT2D eigenvalue weighted by molar-refractivity contribution is -0.136. The van der Waals surface area contributed by atoms with Gasteiger partial charge in [0.15, 0.2) is 0 Å². The van der Waals surface area contributed by atoms with Crippen LogP contribution < -0.4 is 0 Å². The van der Waals surface area contributed by atoms with Crippen molar-refractivity contribution < 1.29 is 18.7 Å². The number of esters is 1. The maximum Gasteiger partial charge on any atom is 0.341 e. The summed E-state index contributed by atoms with van der Waals surface area (Å²) in [7, 11) is 3.16. The minimum absolute atomic E-state index is 0.180. The van der Waals surface area contributed by atoms with Gasteiger partial charge in [-0.3, -0.25) is 4.79 Å². The predicted octanol–water partition coefficient (Wildman–Crippen LogP) is 2.77. The SMILES string of the molecule is COC(=O)c1cc(CN(C)C(=O)[C@H]2C[C@H]3CC[C@H]2C3)oc1C. The second-order valence-corrected chi connectivity index (χ2v) is 6.65. The van der Waals surface area contributed by atoms with E-state index in [2.05, 4.69) is 0 Å². The number of nitrogens with zero attached hydrogens (tertiary/aromatic N) is 1. The van der Waals surface area contributed by atoms with E-state index in [4.69, 9.17) is 9.15 Å². The quantitative estimate of drug-likeness (QED) is 0.803. The molecule has 1 heterocycles. The van der Waals surface area contributed by atoms with Crippen LogP contribution in [0.15, 0.2) is 10.5 Å². The van der Waals surface area contributed by atoms with Gasteiger partial charge in [-0.2, -0.15) is 0 Å². The molecule has 2 saturated carbocycles. The van der Waals surface area contributed by atoms with Gasteiger partial charge in [0, 0.05) is 13.0 Å². The van der Waals surface area contributed by atoms with E-state index < -0.39 is 5.97 Å². The fourth-order valence-electron chi connectivity index (χ4n) is 4.08. The van der Waals surface area contributed by atoms with Crippen LogP contribution in [0.4, 0.5) is 0 Å². The molecule has 1 aromatic heterocycles. The van der Waals surface area contributed by atoms with Gasteiger partial charge in [-0.1, -0.05) is 6.42 Å². The Morgan fingerprint density at radius 1 is 1.36 bits per heavy atom. The Morgan fingerprint density at radius 2 is 2.14 bits per heavy atom. The Hall–Kier alpha value is -1.78. The number of hydrogen-bond acceptors (Lipinski definition) is 4. The molecule has 2 aliphatic rings. The standard InChI is InChI=1S/C17H23NO4/c1-10-14(17(20)21-3)8-13(22-10)9-18(2)16(19)15-7-11-4-5-12(15)6-11/h8,11-12,15H,4-7,9H2,1-3H3/t11-,12-,15-/m0/s1. The van der Waals surface area contributed by atoms with Gasteiger partial charge >= 0.3 is 5.97 Å². The topological polar surface area (TPSA) is 59.8 Å². The summed E-state index contributed by atoms with van der Waals surface area (Å²) in [5.41, 5.74) is 0.429. The van der Waals surface area contributed by atoms with Crippen molar-refractivity contribution in [3.8, 4) is 0 Å².